The third-order valence-electron chi connectivity index (χ3n) is 3.67. The van der Waals surface area contributed by atoms with E-state index in [1.165, 1.54) is 57.3 Å². The summed E-state index contributed by atoms with van der Waals surface area (Å²) < 4.78 is 46.0. The first-order valence-corrected chi connectivity index (χ1v) is 9.38. The summed E-state index contributed by atoms with van der Waals surface area (Å²) in [5, 5.41) is 12.9. The van der Waals surface area contributed by atoms with Gasteiger partial charge < -0.3 is 19.9 Å². The van der Waals surface area contributed by atoms with E-state index < -0.39 is 11.7 Å². The van der Waals surface area contributed by atoms with Gasteiger partial charge in [-0.25, -0.2) is 0 Å². The Balaban J connectivity index is 0.000000451. The number of phenolic OH excluding ortho intramolecular Hbond substituents is 1. The van der Waals surface area contributed by atoms with Crippen molar-refractivity contribution in [2.75, 3.05) is 24.9 Å². The number of rotatable bonds is 4. The number of alkyl halides is 3. The average molecular weight is 421 g/mol. The molecule has 2 aromatic carbocycles. The van der Waals surface area contributed by atoms with Gasteiger partial charge in [-0.1, -0.05) is 11.6 Å². The van der Waals surface area contributed by atoms with E-state index in [4.69, 9.17) is 16.3 Å². The van der Waals surface area contributed by atoms with Gasteiger partial charge in [0.25, 0.3) is 0 Å². The number of ether oxygens (including phenoxy) is 1. The number of aromatic hydroxyl groups is 1. The summed E-state index contributed by atoms with van der Waals surface area (Å²) in [5.41, 5.74) is -0.269. The standard InChI is InChI=1S/C14H11ClF3NO2S.C4H9N/c1-21-13-7-9(3-4-10(13)14(16,17)18)22-19-8-2-5-11(15)12(20)6-8;1-2-4-5-3-1/h2-7,19-20H,1H3;5H,1-4H2. The summed E-state index contributed by atoms with van der Waals surface area (Å²) in [6, 6.07) is 8.14. The molecule has 3 rings (SSSR count). The van der Waals surface area contributed by atoms with Crippen LogP contribution in [0.4, 0.5) is 18.9 Å². The number of benzene rings is 2. The molecule has 0 saturated carbocycles. The van der Waals surface area contributed by atoms with Crippen LogP contribution in [0.5, 0.6) is 11.5 Å². The van der Waals surface area contributed by atoms with E-state index in [-0.39, 0.29) is 16.5 Å². The van der Waals surface area contributed by atoms with Crippen molar-refractivity contribution in [2.45, 2.75) is 23.9 Å². The van der Waals surface area contributed by atoms with Crippen LogP contribution in [0.2, 0.25) is 5.02 Å². The highest BCUT2D eigenvalue weighted by molar-refractivity contribution is 8.00. The van der Waals surface area contributed by atoms with Gasteiger partial charge in [0.2, 0.25) is 0 Å². The van der Waals surface area contributed by atoms with Crippen molar-refractivity contribution in [1.82, 2.24) is 5.32 Å². The maximum Gasteiger partial charge on any atom is 0.419 e. The van der Waals surface area contributed by atoms with Crippen LogP contribution < -0.4 is 14.8 Å². The molecule has 0 aliphatic carbocycles. The Morgan fingerprint density at radius 2 is 1.85 bits per heavy atom. The normalized spacial score (nSPS) is 13.7. The zero-order valence-corrected chi connectivity index (χ0v) is 16.1. The lowest BCUT2D eigenvalue weighted by atomic mass is 10.2. The number of methoxy groups -OCH3 is 1. The Bertz CT molecular complexity index is 748. The average Bonchev–Trinajstić information content (AvgIpc) is 3.21. The van der Waals surface area contributed by atoms with Crippen molar-refractivity contribution < 1.29 is 23.0 Å². The van der Waals surface area contributed by atoms with Crippen LogP contribution in [0.25, 0.3) is 0 Å². The smallest absolute Gasteiger partial charge is 0.419 e. The van der Waals surface area contributed by atoms with E-state index in [9.17, 15) is 18.3 Å². The Morgan fingerprint density at radius 3 is 2.37 bits per heavy atom. The molecular formula is C18H20ClF3N2O2S. The zero-order valence-electron chi connectivity index (χ0n) is 14.6. The molecule has 1 aliphatic heterocycles. The molecule has 3 N–H and O–H groups in total. The van der Waals surface area contributed by atoms with Crippen LogP contribution in [0.15, 0.2) is 41.3 Å². The van der Waals surface area contributed by atoms with Crippen molar-refractivity contribution in [2.24, 2.45) is 0 Å². The summed E-state index contributed by atoms with van der Waals surface area (Å²) in [4.78, 5) is 0.527. The lowest BCUT2D eigenvalue weighted by Crippen LogP contribution is -2.07. The lowest BCUT2D eigenvalue weighted by Gasteiger charge is -2.13. The molecular weight excluding hydrogens is 401 g/mol. The molecule has 0 spiro atoms. The first kappa shape index (κ1) is 21.5. The predicted molar refractivity (Wildman–Crippen MR) is 103 cm³/mol. The molecule has 0 unspecified atom stereocenters. The second-order valence-corrected chi connectivity index (χ2v) is 6.97. The van der Waals surface area contributed by atoms with Crippen LogP contribution in [0.3, 0.4) is 0 Å². The Labute approximate surface area is 165 Å². The monoisotopic (exact) mass is 420 g/mol. The molecule has 1 saturated heterocycles. The number of hydrogen-bond acceptors (Lipinski definition) is 5. The van der Waals surface area contributed by atoms with Crippen molar-refractivity contribution in [3.05, 3.63) is 47.0 Å². The molecule has 1 fully saturated rings. The van der Waals surface area contributed by atoms with Gasteiger partial charge in [-0.05, 0) is 68.2 Å². The Morgan fingerprint density at radius 1 is 1.15 bits per heavy atom. The topological polar surface area (TPSA) is 53.5 Å². The summed E-state index contributed by atoms with van der Waals surface area (Å²) in [6.45, 7) is 2.50. The second-order valence-electron chi connectivity index (χ2n) is 5.69. The second kappa shape index (κ2) is 9.96. The van der Waals surface area contributed by atoms with Crippen molar-refractivity contribution in [3.8, 4) is 11.5 Å². The van der Waals surface area contributed by atoms with E-state index in [0.717, 1.165) is 18.0 Å². The van der Waals surface area contributed by atoms with Crippen LogP contribution in [0, 0.1) is 0 Å². The molecule has 148 valence electrons. The molecule has 9 heteroatoms. The van der Waals surface area contributed by atoms with Crippen LogP contribution >= 0.6 is 23.5 Å². The molecule has 4 nitrogen and oxygen atoms in total. The predicted octanol–water partition coefficient (Wildman–Crippen LogP) is 5.56. The van der Waals surface area contributed by atoms with E-state index in [0.29, 0.717) is 10.6 Å². The maximum absolute atomic E-state index is 12.8. The fourth-order valence-electron chi connectivity index (χ4n) is 2.29. The summed E-state index contributed by atoms with van der Waals surface area (Å²) >= 11 is 6.78. The minimum absolute atomic E-state index is 0.0859. The van der Waals surface area contributed by atoms with Gasteiger partial charge in [0.05, 0.1) is 17.7 Å². The van der Waals surface area contributed by atoms with Gasteiger partial charge in [0.15, 0.2) is 0 Å². The number of anilines is 1. The maximum atomic E-state index is 12.8. The van der Waals surface area contributed by atoms with Crippen LogP contribution in [-0.4, -0.2) is 25.3 Å². The highest BCUT2D eigenvalue weighted by Gasteiger charge is 2.34. The SMILES string of the molecule is C1CCNC1.COc1cc(SNc2ccc(Cl)c(O)c2)ccc1C(F)(F)F. The molecule has 0 atom stereocenters. The van der Waals surface area contributed by atoms with Crippen LogP contribution in [0.1, 0.15) is 18.4 Å². The molecule has 0 radical (unpaired) electrons. The highest BCUT2D eigenvalue weighted by Crippen LogP contribution is 2.38. The molecule has 27 heavy (non-hydrogen) atoms. The van der Waals surface area contributed by atoms with Gasteiger partial charge in [0.1, 0.15) is 11.5 Å². The molecule has 2 aromatic rings. The third kappa shape index (κ3) is 6.71. The number of hydrogen-bond donors (Lipinski definition) is 3. The van der Waals surface area contributed by atoms with Gasteiger partial charge in [0, 0.05) is 16.6 Å². The van der Waals surface area contributed by atoms with E-state index in [1.807, 2.05) is 0 Å². The molecule has 0 amide bonds. The molecule has 1 heterocycles. The molecule has 1 aliphatic rings. The largest absolute Gasteiger partial charge is 0.506 e. The van der Waals surface area contributed by atoms with Gasteiger partial charge >= 0.3 is 6.18 Å². The lowest BCUT2D eigenvalue weighted by molar-refractivity contribution is -0.138. The minimum Gasteiger partial charge on any atom is -0.506 e. The summed E-state index contributed by atoms with van der Waals surface area (Å²) in [6.07, 6.45) is -1.69. The summed E-state index contributed by atoms with van der Waals surface area (Å²) in [7, 11) is 1.18. The van der Waals surface area contributed by atoms with Gasteiger partial charge in [-0.3, -0.25) is 0 Å². The Hall–Kier alpha value is -1.77. The van der Waals surface area contributed by atoms with E-state index in [1.54, 1.807) is 6.07 Å². The Kier molecular flexibility index (Phi) is 7.94. The van der Waals surface area contributed by atoms with E-state index in [2.05, 4.69) is 10.0 Å². The molecule has 0 aromatic heterocycles. The summed E-state index contributed by atoms with van der Waals surface area (Å²) in [5.74, 6) is -0.337. The van der Waals surface area contributed by atoms with E-state index >= 15 is 0 Å². The first-order chi connectivity index (χ1) is 12.8. The number of nitrogens with one attached hydrogen (secondary N) is 2. The zero-order chi connectivity index (χ0) is 19.9. The van der Waals surface area contributed by atoms with Gasteiger partial charge in [-0.2, -0.15) is 13.2 Å². The fraction of sp³-hybridized carbons (Fsp3) is 0.333. The van der Waals surface area contributed by atoms with Gasteiger partial charge in [-0.15, -0.1) is 0 Å². The number of phenols is 1. The fourth-order valence-corrected chi connectivity index (χ4v) is 3.07. The van der Waals surface area contributed by atoms with Crippen LogP contribution in [-0.2, 0) is 6.18 Å². The number of halogens is 4. The minimum atomic E-state index is -4.47. The highest BCUT2D eigenvalue weighted by atomic mass is 35.5. The van der Waals surface area contributed by atoms with Crippen molar-refractivity contribution in [1.29, 1.82) is 0 Å². The van der Waals surface area contributed by atoms with Crippen molar-refractivity contribution in [3.63, 3.8) is 0 Å². The van der Waals surface area contributed by atoms with Crippen molar-refractivity contribution >= 4 is 29.2 Å². The quantitative estimate of drug-likeness (QED) is 0.565. The first-order valence-electron chi connectivity index (χ1n) is 8.18. The molecule has 0 bridgehead atoms. The third-order valence-corrected chi connectivity index (χ3v) is 4.82.